The normalized spacial score (nSPS) is 16.0. The van der Waals surface area contributed by atoms with Crippen molar-refractivity contribution in [1.29, 1.82) is 0 Å². The first-order chi connectivity index (χ1) is 10.0. The highest BCUT2D eigenvalue weighted by molar-refractivity contribution is 5.94. The Hall–Kier alpha value is -1.59. The summed E-state index contributed by atoms with van der Waals surface area (Å²) >= 11 is 0. The molecule has 0 unspecified atom stereocenters. The van der Waals surface area contributed by atoms with Gasteiger partial charge in [-0.3, -0.25) is 9.59 Å². The Balaban J connectivity index is 0.00000242. The van der Waals surface area contributed by atoms with Gasteiger partial charge in [-0.2, -0.15) is 0 Å². The molecule has 0 spiro atoms. The van der Waals surface area contributed by atoms with E-state index in [-0.39, 0.29) is 24.2 Å². The second-order valence-corrected chi connectivity index (χ2v) is 5.46. The fourth-order valence-electron chi connectivity index (χ4n) is 2.48. The second kappa shape index (κ2) is 8.15. The Morgan fingerprint density at radius 2 is 1.59 bits per heavy atom. The first-order valence-corrected chi connectivity index (χ1v) is 7.45. The Bertz CT molecular complexity index is 509. The molecule has 2 N–H and O–H groups in total. The number of amides is 2. The zero-order chi connectivity index (χ0) is 15.4. The van der Waals surface area contributed by atoms with Crippen LogP contribution in [0.1, 0.15) is 29.8 Å². The molecule has 1 aromatic rings. The minimum atomic E-state index is -0.478. The van der Waals surface area contributed by atoms with E-state index >= 15 is 0 Å². The van der Waals surface area contributed by atoms with Gasteiger partial charge >= 0.3 is 0 Å². The molecule has 1 aliphatic rings. The molecule has 1 fully saturated rings. The number of halogens is 1. The molecule has 1 heterocycles. The van der Waals surface area contributed by atoms with Crippen LogP contribution in [0.15, 0.2) is 24.3 Å². The molecule has 1 saturated heterocycles. The van der Waals surface area contributed by atoms with E-state index in [9.17, 15) is 9.59 Å². The second-order valence-electron chi connectivity index (χ2n) is 5.46. The number of carbonyl (C=O) groups excluding carboxylic acids is 2. The van der Waals surface area contributed by atoms with Crippen LogP contribution < -0.4 is 5.73 Å². The lowest BCUT2D eigenvalue weighted by Gasteiger charge is -2.35. The topological polar surface area (TPSA) is 66.6 Å². The molecule has 0 radical (unpaired) electrons. The highest BCUT2D eigenvalue weighted by Crippen LogP contribution is 2.11. The molecule has 2 amide bonds. The molecule has 5 nitrogen and oxygen atoms in total. The smallest absolute Gasteiger partial charge is 0.253 e. The first-order valence-electron chi connectivity index (χ1n) is 7.45. The average Bonchev–Trinajstić information content (AvgIpc) is 2.53. The molecule has 1 aliphatic heterocycles. The molecule has 0 aliphatic carbocycles. The number of benzene rings is 1. The third-order valence-electron chi connectivity index (χ3n) is 3.88. The van der Waals surface area contributed by atoms with Crippen molar-refractivity contribution in [3.05, 3.63) is 35.4 Å². The first kappa shape index (κ1) is 18.5. The molecule has 1 atom stereocenters. The Morgan fingerprint density at radius 3 is 2.05 bits per heavy atom. The standard InChI is InChI=1S/C16H23N3O2.ClH/c1-3-13-4-6-14(7-5-13)16(21)19-10-8-18(9-11-19)15(20)12(2)17;/h4-7,12H,3,8-11,17H2,1-2H3;1H/t12-;/m1./s1. The van der Waals surface area contributed by atoms with Crippen molar-refractivity contribution in [3.8, 4) is 0 Å². The van der Waals surface area contributed by atoms with E-state index in [4.69, 9.17) is 5.73 Å². The Kier molecular flexibility index (Phi) is 6.84. The van der Waals surface area contributed by atoms with Gasteiger partial charge < -0.3 is 15.5 Å². The summed E-state index contributed by atoms with van der Waals surface area (Å²) in [7, 11) is 0. The highest BCUT2D eigenvalue weighted by atomic mass is 35.5. The van der Waals surface area contributed by atoms with E-state index in [0.29, 0.717) is 31.7 Å². The van der Waals surface area contributed by atoms with E-state index in [1.54, 1.807) is 16.7 Å². The molecule has 0 bridgehead atoms. The SMILES string of the molecule is CCc1ccc(C(=O)N2CCN(C(=O)[C@@H](C)N)CC2)cc1.Cl. The third kappa shape index (κ3) is 4.21. The van der Waals surface area contributed by atoms with Crippen molar-refractivity contribution in [1.82, 2.24) is 9.80 Å². The van der Waals surface area contributed by atoms with Crippen LogP contribution in [0.2, 0.25) is 0 Å². The summed E-state index contributed by atoms with van der Waals surface area (Å²) in [5, 5.41) is 0. The molecule has 6 heteroatoms. The van der Waals surface area contributed by atoms with Crippen molar-refractivity contribution in [3.63, 3.8) is 0 Å². The number of nitrogens with zero attached hydrogens (tertiary/aromatic N) is 2. The summed E-state index contributed by atoms with van der Waals surface area (Å²) in [4.78, 5) is 27.7. The minimum Gasteiger partial charge on any atom is -0.338 e. The molecule has 22 heavy (non-hydrogen) atoms. The maximum absolute atomic E-state index is 12.4. The van der Waals surface area contributed by atoms with Gasteiger partial charge in [0.25, 0.3) is 5.91 Å². The van der Waals surface area contributed by atoms with Gasteiger partial charge in [-0.25, -0.2) is 0 Å². The predicted octanol–water partition coefficient (Wildman–Crippen LogP) is 1.30. The van der Waals surface area contributed by atoms with Crippen molar-refractivity contribution in [2.75, 3.05) is 26.2 Å². The molecule has 2 rings (SSSR count). The number of hydrogen-bond donors (Lipinski definition) is 1. The molecule has 1 aromatic carbocycles. The van der Waals surface area contributed by atoms with Crippen LogP contribution in [-0.2, 0) is 11.2 Å². The number of rotatable bonds is 3. The van der Waals surface area contributed by atoms with Gasteiger partial charge in [0.2, 0.25) is 5.91 Å². The van der Waals surface area contributed by atoms with Crippen LogP contribution in [0.3, 0.4) is 0 Å². The number of piperazine rings is 1. The van der Waals surface area contributed by atoms with Crippen LogP contribution in [0.5, 0.6) is 0 Å². The van der Waals surface area contributed by atoms with Crippen molar-refractivity contribution < 1.29 is 9.59 Å². The lowest BCUT2D eigenvalue weighted by atomic mass is 10.1. The predicted molar refractivity (Wildman–Crippen MR) is 89.2 cm³/mol. The van der Waals surface area contributed by atoms with Gasteiger partial charge in [0.05, 0.1) is 6.04 Å². The van der Waals surface area contributed by atoms with E-state index in [1.807, 2.05) is 24.3 Å². The van der Waals surface area contributed by atoms with Gasteiger partial charge in [0.15, 0.2) is 0 Å². The van der Waals surface area contributed by atoms with Crippen LogP contribution >= 0.6 is 12.4 Å². The number of hydrogen-bond acceptors (Lipinski definition) is 3. The number of nitrogens with two attached hydrogens (primary N) is 1. The minimum absolute atomic E-state index is 0. The molecule has 0 aromatic heterocycles. The molecular weight excluding hydrogens is 302 g/mol. The summed E-state index contributed by atoms with van der Waals surface area (Å²) in [5.41, 5.74) is 7.54. The van der Waals surface area contributed by atoms with Crippen LogP contribution in [0, 0.1) is 0 Å². The summed E-state index contributed by atoms with van der Waals surface area (Å²) in [6.07, 6.45) is 0.965. The monoisotopic (exact) mass is 325 g/mol. The van der Waals surface area contributed by atoms with E-state index in [0.717, 1.165) is 6.42 Å². The summed E-state index contributed by atoms with van der Waals surface area (Å²) in [5.74, 6) is -0.0139. The van der Waals surface area contributed by atoms with Gasteiger partial charge in [0.1, 0.15) is 0 Å². The largest absolute Gasteiger partial charge is 0.338 e. The van der Waals surface area contributed by atoms with Crippen LogP contribution in [0.25, 0.3) is 0 Å². The van der Waals surface area contributed by atoms with Crippen LogP contribution in [-0.4, -0.2) is 53.8 Å². The molecule has 122 valence electrons. The fraction of sp³-hybridized carbons (Fsp3) is 0.500. The van der Waals surface area contributed by atoms with Gasteiger partial charge in [-0.15, -0.1) is 12.4 Å². The zero-order valence-electron chi connectivity index (χ0n) is 13.1. The molecular formula is C16H24ClN3O2. The lowest BCUT2D eigenvalue weighted by Crippen LogP contribution is -2.53. The van der Waals surface area contributed by atoms with Gasteiger partial charge in [0, 0.05) is 31.7 Å². The maximum atomic E-state index is 12.4. The van der Waals surface area contributed by atoms with Gasteiger partial charge in [-0.1, -0.05) is 19.1 Å². The maximum Gasteiger partial charge on any atom is 0.253 e. The Morgan fingerprint density at radius 1 is 1.09 bits per heavy atom. The summed E-state index contributed by atoms with van der Waals surface area (Å²) in [6, 6.07) is 7.25. The third-order valence-corrected chi connectivity index (χ3v) is 3.88. The fourth-order valence-corrected chi connectivity index (χ4v) is 2.48. The van der Waals surface area contributed by atoms with E-state index < -0.39 is 6.04 Å². The number of aryl methyl sites for hydroxylation is 1. The summed E-state index contributed by atoms with van der Waals surface area (Å²) < 4.78 is 0. The number of carbonyl (C=O) groups is 2. The average molecular weight is 326 g/mol. The zero-order valence-corrected chi connectivity index (χ0v) is 13.9. The highest BCUT2D eigenvalue weighted by Gasteiger charge is 2.25. The van der Waals surface area contributed by atoms with E-state index in [1.165, 1.54) is 5.56 Å². The molecule has 0 saturated carbocycles. The quantitative estimate of drug-likeness (QED) is 0.911. The van der Waals surface area contributed by atoms with Crippen molar-refractivity contribution in [2.45, 2.75) is 26.3 Å². The van der Waals surface area contributed by atoms with Gasteiger partial charge in [-0.05, 0) is 31.0 Å². The van der Waals surface area contributed by atoms with Crippen molar-refractivity contribution in [2.24, 2.45) is 5.73 Å². The van der Waals surface area contributed by atoms with Crippen LogP contribution in [0.4, 0.5) is 0 Å². The Labute approximate surface area is 137 Å². The van der Waals surface area contributed by atoms with E-state index in [2.05, 4.69) is 6.92 Å². The lowest BCUT2D eigenvalue weighted by molar-refractivity contribution is -0.133. The summed E-state index contributed by atoms with van der Waals surface area (Å²) in [6.45, 7) is 6.01. The van der Waals surface area contributed by atoms with Crippen molar-refractivity contribution >= 4 is 24.2 Å².